The summed E-state index contributed by atoms with van der Waals surface area (Å²) < 4.78 is 5.03. The molecule has 1 amide bonds. The van der Waals surface area contributed by atoms with Gasteiger partial charge < -0.3 is 14.5 Å². The third-order valence-corrected chi connectivity index (χ3v) is 4.53. The Labute approximate surface area is 142 Å². The molecule has 5 nitrogen and oxygen atoms in total. The highest BCUT2D eigenvalue weighted by molar-refractivity contribution is 6.32. The monoisotopic (exact) mass is 335 g/mol. The third-order valence-electron chi connectivity index (χ3n) is 4.22. The van der Waals surface area contributed by atoms with Crippen molar-refractivity contribution in [2.45, 2.75) is 12.8 Å². The number of rotatable bonds is 5. The minimum Gasteiger partial charge on any atom is -0.383 e. The standard InChI is InChI=1S/C17H22ClN3O2/c1-20(8-9-23-2)17(22)14-4-3-7-21(12-14)15-6-5-13(11-19)16(18)10-15/h5-6,10,14H,3-4,7-9,12H2,1-2H3. The Hall–Kier alpha value is -1.77. The molecule has 124 valence electrons. The Balaban J connectivity index is 2.04. The van der Waals surface area contributed by atoms with Crippen LogP contribution in [0.2, 0.25) is 5.02 Å². The van der Waals surface area contributed by atoms with Crippen molar-refractivity contribution in [3.05, 3.63) is 28.8 Å². The van der Waals surface area contributed by atoms with Gasteiger partial charge >= 0.3 is 0 Å². The molecule has 1 fully saturated rings. The Kier molecular flexibility index (Phi) is 6.26. The van der Waals surface area contributed by atoms with Gasteiger partial charge in [0.1, 0.15) is 6.07 Å². The highest BCUT2D eigenvalue weighted by atomic mass is 35.5. The summed E-state index contributed by atoms with van der Waals surface area (Å²) in [6.07, 6.45) is 1.86. The van der Waals surface area contributed by atoms with E-state index in [0.717, 1.165) is 25.1 Å². The van der Waals surface area contributed by atoms with Crippen LogP contribution in [0, 0.1) is 17.2 Å². The first-order chi connectivity index (χ1) is 11.1. The van der Waals surface area contributed by atoms with Crippen LogP contribution in [0.3, 0.4) is 0 Å². The normalized spacial score (nSPS) is 17.7. The summed E-state index contributed by atoms with van der Waals surface area (Å²) in [5, 5.41) is 9.41. The van der Waals surface area contributed by atoms with Crippen molar-refractivity contribution in [1.82, 2.24) is 4.90 Å². The van der Waals surface area contributed by atoms with E-state index in [1.54, 1.807) is 18.1 Å². The van der Waals surface area contributed by atoms with Crippen molar-refractivity contribution in [1.29, 1.82) is 5.26 Å². The smallest absolute Gasteiger partial charge is 0.227 e. The van der Waals surface area contributed by atoms with Gasteiger partial charge in [-0.3, -0.25) is 4.79 Å². The molecule has 1 aromatic carbocycles. The molecule has 1 aromatic rings. The van der Waals surface area contributed by atoms with Gasteiger partial charge in [0.15, 0.2) is 0 Å². The zero-order valence-corrected chi connectivity index (χ0v) is 14.3. The molecule has 6 heteroatoms. The molecule has 1 atom stereocenters. The van der Waals surface area contributed by atoms with Gasteiger partial charge in [0, 0.05) is 39.5 Å². The summed E-state index contributed by atoms with van der Waals surface area (Å²) in [6.45, 7) is 2.73. The largest absolute Gasteiger partial charge is 0.383 e. The first kappa shape index (κ1) is 17.6. The fraction of sp³-hybridized carbons (Fsp3) is 0.529. The molecule has 0 radical (unpaired) electrons. The van der Waals surface area contributed by atoms with Crippen LogP contribution in [0.25, 0.3) is 0 Å². The Morgan fingerprint density at radius 2 is 2.35 bits per heavy atom. The van der Waals surface area contributed by atoms with Crippen molar-refractivity contribution >= 4 is 23.2 Å². The van der Waals surface area contributed by atoms with Crippen LogP contribution in [-0.2, 0) is 9.53 Å². The lowest BCUT2D eigenvalue weighted by Crippen LogP contribution is -2.44. The van der Waals surface area contributed by atoms with Crippen molar-refractivity contribution in [3.63, 3.8) is 0 Å². The molecular weight excluding hydrogens is 314 g/mol. The van der Waals surface area contributed by atoms with Crippen LogP contribution >= 0.6 is 11.6 Å². The van der Waals surface area contributed by atoms with E-state index < -0.39 is 0 Å². The SMILES string of the molecule is COCCN(C)C(=O)C1CCCN(c2ccc(C#N)c(Cl)c2)C1. The number of hydrogen-bond acceptors (Lipinski definition) is 4. The summed E-state index contributed by atoms with van der Waals surface area (Å²) >= 11 is 6.12. The molecule has 1 saturated heterocycles. The Morgan fingerprint density at radius 1 is 1.57 bits per heavy atom. The second kappa shape index (κ2) is 8.19. The Bertz CT molecular complexity index is 600. The van der Waals surface area contributed by atoms with Gasteiger partial charge in [-0.2, -0.15) is 5.26 Å². The van der Waals surface area contributed by atoms with Crippen molar-refractivity contribution in [2.75, 3.05) is 45.3 Å². The number of carbonyl (C=O) groups excluding carboxylic acids is 1. The van der Waals surface area contributed by atoms with E-state index in [-0.39, 0.29) is 11.8 Å². The van der Waals surface area contributed by atoms with Crippen LogP contribution in [-0.4, -0.2) is 51.2 Å². The van der Waals surface area contributed by atoms with Gasteiger partial charge in [-0.25, -0.2) is 0 Å². The van der Waals surface area contributed by atoms with E-state index in [1.165, 1.54) is 0 Å². The fourth-order valence-electron chi connectivity index (χ4n) is 2.85. The number of hydrogen-bond donors (Lipinski definition) is 0. The van der Waals surface area contributed by atoms with E-state index >= 15 is 0 Å². The number of methoxy groups -OCH3 is 1. The van der Waals surface area contributed by atoms with Gasteiger partial charge in [-0.15, -0.1) is 0 Å². The number of anilines is 1. The molecule has 0 saturated carbocycles. The van der Waals surface area contributed by atoms with Crippen LogP contribution in [0.4, 0.5) is 5.69 Å². The number of ether oxygens (including phenoxy) is 1. The fourth-order valence-corrected chi connectivity index (χ4v) is 3.07. The lowest BCUT2D eigenvalue weighted by Gasteiger charge is -2.35. The molecule has 23 heavy (non-hydrogen) atoms. The second-order valence-corrected chi connectivity index (χ2v) is 6.22. The number of amides is 1. The summed E-state index contributed by atoms with van der Waals surface area (Å²) in [6, 6.07) is 7.50. The summed E-state index contributed by atoms with van der Waals surface area (Å²) in [5.41, 5.74) is 1.44. The topological polar surface area (TPSA) is 56.6 Å². The molecule has 1 unspecified atom stereocenters. The highest BCUT2D eigenvalue weighted by Gasteiger charge is 2.28. The van der Waals surface area contributed by atoms with Gasteiger partial charge in [-0.1, -0.05) is 11.6 Å². The average Bonchev–Trinajstić information content (AvgIpc) is 2.59. The quantitative estimate of drug-likeness (QED) is 0.829. The molecule has 0 bridgehead atoms. The lowest BCUT2D eigenvalue weighted by molar-refractivity contribution is -0.135. The van der Waals surface area contributed by atoms with Gasteiger partial charge in [-0.05, 0) is 31.0 Å². The second-order valence-electron chi connectivity index (χ2n) is 5.81. The molecule has 1 heterocycles. The number of benzene rings is 1. The van der Waals surface area contributed by atoms with Crippen molar-refractivity contribution in [2.24, 2.45) is 5.92 Å². The molecule has 1 aliphatic heterocycles. The minimum absolute atomic E-state index is 0.0139. The summed E-state index contributed by atoms with van der Waals surface area (Å²) in [5.74, 6) is 0.145. The number of nitriles is 1. The van der Waals surface area contributed by atoms with Gasteiger partial charge in [0.05, 0.1) is 23.1 Å². The third kappa shape index (κ3) is 4.37. The first-order valence-electron chi connectivity index (χ1n) is 7.75. The van der Waals surface area contributed by atoms with E-state index in [1.807, 2.05) is 19.2 Å². The molecule has 0 N–H and O–H groups in total. The van der Waals surface area contributed by atoms with Crippen molar-refractivity contribution in [3.8, 4) is 6.07 Å². The van der Waals surface area contributed by atoms with Crippen LogP contribution in [0.5, 0.6) is 0 Å². The number of nitrogens with zero attached hydrogens (tertiary/aromatic N) is 3. The number of halogens is 1. The van der Waals surface area contributed by atoms with E-state index in [4.69, 9.17) is 21.6 Å². The van der Waals surface area contributed by atoms with Crippen molar-refractivity contribution < 1.29 is 9.53 Å². The maximum Gasteiger partial charge on any atom is 0.227 e. The molecule has 1 aliphatic rings. The van der Waals surface area contributed by atoms with E-state index in [0.29, 0.717) is 30.3 Å². The van der Waals surface area contributed by atoms with Gasteiger partial charge in [0.25, 0.3) is 0 Å². The molecule has 2 rings (SSSR count). The molecule has 0 aromatic heterocycles. The number of likely N-dealkylation sites (N-methyl/N-ethyl adjacent to an activating group) is 1. The van der Waals surface area contributed by atoms with E-state index in [2.05, 4.69) is 11.0 Å². The van der Waals surface area contributed by atoms with Crippen LogP contribution < -0.4 is 4.90 Å². The zero-order chi connectivity index (χ0) is 16.8. The Morgan fingerprint density at radius 3 is 3.00 bits per heavy atom. The predicted molar refractivity (Wildman–Crippen MR) is 90.6 cm³/mol. The first-order valence-corrected chi connectivity index (χ1v) is 8.13. The maximum atomic E-state index is 12.5. The summed E-state index contributed by atoms with van der Waals surface area (Å²) in [7, 11) is 3.45. The lowest BCUT2D eigenvalue weighted by atomic mass is 9.96. The van der Waals surface area contributed by atoms with Crippen LogP contribution in [0.15, 0.2) is 18.2 Å². The van der Waals surface area contributed by atoms with Crippen LogP contribution in [0.1, 0.15) is 18.4 Å². The molecular formula is C17H22ClN3O2. The summed E-state index contributed by atoms with van der Waals surface area (Å²) in [4.78, 5) is 16.4. The number of piperidine rings is 1. The predicted octanol–water partition coefficient (Wildman–Crippen LogP) is 2.53. The number of carbonyl (C=O) groups is 1. The molecule has 0 aliphatic carbocycles. The minimum atomic E-state index is -0.0139. The van der Waals surface area contributed by atoms with E-state index in [9.17, 15) is 4.79 Å². The highest BCUT2D eigenvalue weighted by Crippen LogP contribution is 2.28. The zero-order valence-electron chi connectivity index (χ0n) is 13.6. The maximum absolute atomic E-state index is 12.5. The average molecular weight is 336 g/mol. The van der Waals surface area contributed by atoms with Gasteiger partial charge in [0.2, 0.25) is 5.91 Å². The molecule has 0 spiro atoms.